The highest BCUT2D eigenvalue weighted by atomic mass is 19.4. The lowest BCUT2D eigenvalue weighted by molar-refractivity contribution is -0.137. The lowest BCUT2D eigenvalue weighted by Gasteiger charge is -2.20. The van der Waals surface area contributed by atoms with Crippen LogP contribution < -0.4 is 10.2 Å². The second kappa shape index (κ2) is 7.45. The van der Waals surface area contributed by atoms with Crippen LogP contribution in [0.2, 0.25) is 0 Å². The maximum absolute atomic E-state index is 12.7. The number of anilines is 1. The smallest absolute Gasteiger partial charge is 0.354 e. The van der Waals surface area contributed by atoms with Crippen LogP contribution in [0.15, 0.2) is 42.6 Å². The number of pyridine rings is 1. The topological polar surface area (TPSA) is 45.2 Å². The van der Waals surface area contributed by atoms with Crippen LogP contribution in [0.3, 0.4) is 0 Å². The van der Waals surface area contributed by atoms with E-state index in [-0.39, 0.29) is 17.4 Å². The number of alkyl halides is 3. The second-order valence-electron chi connectivity index (χ2n) is 8.14. The Morgan fingerprint density at radius 2 is 1.71 bits per heavy atom. The largest absolute Gasteiger partial charge is 0.417 e. The lowest BCUT2D eigenvalue weighted by Crippen LogP contribution is -2.37. The number of benzene rings is 1. The predicted octanol–water partition coefficient (Wildman–Crippen LogP) is 4.41. The quantitative estimate of drug-likeness (QED) is 0.843. The number of nitrogens with zero attached hydrogens (tertiary/aromatic N) is 2. The van der Waals surface area contributed by atoms with Crippen LogP contribution in [0.1, 0.15) is 48.7 Å². The SMILES string of the molecule is CC(C)(C)c1ccc(C(=O)NC2CCN(c3ccc(C(F)(F)F)cn3)C2)cc1. The molecule has 1 N–H and O–H groups in total. The molecule has 7 heteroatoms. The summed E-state index contributed by atoms with van der Waals surface area (Å²) < 4.78 is 38.0. The third-order valence-electron chi connectivity index (χ3n) is 4.94. The van der Waals surface area contributed by atoms with Crippen LogP contribution in [0.4, 0.5) is 19.0 Å². The molecule has 1 aromatic carbocycles. The predicted molar refractivity (Wildman–Crippen MR) is 102 cm³/mol. The molecule has 1 unspecified atom stereocenters. The summed E-state index contributed by atoms with van der Waals surface area (Å²) in [5.74, 6) is 0.340. The highest BCUT2D eigenvalue weighted by Gasteiger charge is 2.31. The van der Waals surface area contributed by atoms with Crippen LogP contribution in [-0.2, 0) is 11.6 Å². The van der Waals surface area contributed by atoms with Gasteiger partial charge in [-0.2, -0.15) is 13.2 Å². The molecule has 2 aromatic rings. The van der Waals surface area contributed by atoms with Gasteiger partial charge >= 0.3 is 6.18 Å². The summed E-state index contributed by atoms with van der Waals surface area (Å²) in [6.45, 7) is 7.50. The summed E-state index contributed by atoms with van der Waals surface area (Å²) >= 11 is 0. The van der Waals surface area contributed by atoms with Crippen LogP contribution in [0, 0.1) is 0 Å². The fraction of sp³-hybridized carbons (Fsp3) is 0.429. The van der Waals surface area contributed by atoms with Gasteiger partial charge in [-0.05, 0) is 41.7 Å². The molecule has 0 aliphatic carbocycles. The first-order chi connectivity index (χ1) is 13.0. The molecule has 0 spiro atoms. The molecule has 4 nitrogen and oxygen atoms in total. The Bertz CT molecular complexity index is 824. The van der Waals surface area contributed by atoms with Gasteiger partial charge in [0.15, 0.2) is 0 Å². The molecule has 1 aliphatic heterocycles. The average Bonchev–Trinajstić information content (AvgIpc) is 3.09. The molecular formula is C21H24F3N3O. The fourth-order valence-corrected chi connectivity index (χ4v) is 3.22. The number of hydrogen-bond donors (Lipinski definition) is 1. The van der Waals surface area contributed by atoms with Crippen molar-refractivity contribution in [2.45, 2.75) is 44.8 Å². The first kappa shape index (κ1) is 20.2. The number of hydrogen-bond acceptors (Lipinski definition) is 3. The van der Waals surface area contributed by atoms with Gasteiger partial charge in [0.2, 0.25) is 0 Å². The molecule has 1 saturated heterocycles. The molecule has 1 aromatic heterocycles. The zero-order chi connectivity index (χ0) is 20.5. The third-order valence-corrected chi connectivity index (χ3v) is 4.94. The van der Waals surface area contributed by atoms with E-state index in [2.05, 4.69) is 31.1 Å². The highest BCUT2D eigenvalue weighted by molar-refractivity contribution is 5.94. The molecule has 2 heterocycles. The zero-order valence-corrected chi connectivity index (χ0v) is 16.2. The van der Waals surface area contributed by atoms with E-state index in [1.807, 2.05) is 29.2 Å². The lowest BCUT2D eigenvalue weighted by atomic mass is 9.86. The van der Waals surface area contributed by atoms with Gasteiger partial charge in [0, 0.05) is 30.9 Å². The van der Waals surface area contributed by atoms with Crippen molar-refractivity contribution in [3.8, 4) is 0 Å². The minimum Gasteiger partial charge on any atom is -0.354 e. The summed E-state index contributed by atoms with van der Waals surface area (Å²) in [6, 6.07) is 9.90. The van der Waals surface area contributed by atoms with Crippen molar-refractivity contribution in [2.75, 3.05) is 18.0 Å². The molecule has 0 radical (unpaired) electrons. The van der Waals surface area contributed by atoms with Gasteiger partial charge in [-0.1, -0.05) is 32.9 Å². The molecule has 1 atom stereocenters. The first-order valence-electron chi connectivity index (χ1n) is 9.23. The summed E-state index contributed by atoms with van der Waals surface area (Å²) in [7, 11) is 0. The Kier molecular flexibility index (Phi) is 5.37. The molecule has 1 aliphatic rings. The first-order valence-corrected chi connectivity index (χ1v) is 9.23. The van der Waals surface area contributed by atoms with Crippen molar-refractivity contribution in [2.24, 2.45) is 0 Å². The number of amides is 1. The summed E-state index contributed by atoms with van der Waals surface area (Å²) in [4.78, 5) is 18.3. The van der Waals surface area contributed by atoms with E-state index in [0.717, 1.165) is 17.8 Å². The molecule has 1 fully saturated rings. The third kappa shape index (κ3) is 4.64. The van der Waals surface area contributed by atoms with Gasteiger partial charge in [-0.3, -0.25) is 4.79 Å². The van der Waals surface area contributed by atoms with Crippen LogP contribution in [0.25, 0.3) is 0 Å². The molecule has 150 valence electrons. The Hall–Kier alpha value is -2.57. The number of carbonyl (C=O) groups is 1. The van der Waals surface area contributed by atoms with Crippen molar-refractivity contribution in [3.05, 3.63) is 59.3 Å². The van der Waals surface area contributed by atoms with Crippen molar-refractivity contribution in [1.29, 1.82) is 0 Å². The van der Waals surface area contributed by atoms with E-state index in [1.165, 1.54) is 6.07 Å². The van der Waals surface area contributed by atoms with Gasteiger partial charge < -0.3 is 10.2 Å². The van der Waals surface area contributed by atoms with E-state index in [0.29, 0.717) is 30.9 Å². The van der Waals surface area contributed by atoms with Crippen molar-refractivity contribution in [1.82, 2.24) is 10.3 Å². The maximum atomic E-state index is 12.7. The van der Waals surface area contributed by atoms with Gasteiger partial charge in [-0.15, -0.1) is 0 Å². The van der Waals surface area contributed by atoms with Crippen molar-refractivity contribution < 1.29 is 18.0 Å². The normalized spacial score (nSPS) is 17.6. The summed E-state index contributed by atoms with van der Waals surface area (Å²) in [5.41, 5.74) is 1.01. The number of rotatable bonds is 3. The van der Waals surface area contributed by atoms with E-state index >= 15 is 0 Å². The number of aromatic nitrogens is 1. The standard InChI is InChI=1S/C21H24F3N3O/c1-20(2,3)15-6-4-14(5-7-15)19(28)26-17-10-11-27(13-17)18-9-8-16(12-25-18)21(22,23)24/h4-9,12,17H,10-11,13H2,1-3H3,(H,26,28). The summed E-state index contributed by atoms with van der Waals surface area (Å²) in [5, 5.41) is 3.00. The second-order valence-corrected chi connectivity index (χ2v) is 8.14. The van der Waals surface area contributed by atoms with Gasteiger partial charge in [0.1, 0.15) is 5.82 Å². The minimum atomic E-state index is -4.39. The monoisotopic (exact) mass is 391 g/mol. The van der Waals surface area contributed by atoms with Gasteiger partial charge in [-0.25, -0.2) is 4.98 Å². The van der Waals surface area contributed by atoms with E-state index < -0.39 is 11.7 Å². The Labute approximate surface area is 162 Å². The Balaban J connectivity index is 1.59. The Morgan fingerprint density at radius 3 is 2.25 bits per heavy atom. The molecular weight excluding hydrogens is 367 g/mol. The minimum absolute atomic E-state index is 0.0234. The highest BCUT2D eigenvalue weighted by Crippen LogP contribution is 2.30. The van der Waals surface area contributed by atoms with E-state index in [1.54, 1.807) is 0 Å². The fourth-order valence-electron chi connectivity index (χ4n) is 3.22. The molecule has 0 bridgehead atoms. The molecule has 28 heavy (non-hydrogen) atoms. The average molecular weight is 391 g/mol. The molecule has 3 rings (SSSR count). The maximum Gasteiger partial charge on any atom is 0.417 e. The van der Waals surface area contributed by atoms with Crippen LogP contribution in [0.5, 0.6) is 0 Å². The van der Waals surface area contributed by atoms with E-state index in [9.17, 15) is 18.0 Å². The van der Waals surface area contributed by atoms with E-state index in [4.69, 9.17) is 0 Å². The van der Waals surface area contributed by atoms with Crippen molar-refractivity contribution >= 4 is 11.7 Å². The van der Waals surface area contributed by atoms with Crippen LogP contribution >= 0.6 is 0 Å². The molecule has 0 saturated carbocycles. The summed E-state index contributed by atoms with van der Waals surface area (Å²) in [6.07, 6.45) is -2.83. The van der Waals surface area contributed by atoms with Gasteiger partial charge in [0.05, 0.1) is 5.56 Å². The number of halogens is 3. The number of nitrogens with one attached hydrogen (secondary N) is 1. The number of carbonyl (C=O) groups excluding carboxylic acids is 1. The van der Waals surface area contributed by atoms with Crippen LogP contribution in [-0.4, -0.2) is 30.0 Å². The zero-order valence-electron chi connectivity index (χ0n) is 16.2. The Morgan fingerprint density at radius 1 is 1.07 bits per heavy atom. The van der Waals surface area contributed by atoms with Crippen molar-refractivity contribution in [3.63, 3.8) is 0 Å². The molecule has 1 amide bonds. The van der Waals surface area contributed by atoms with Gasteiger partial charge in [0.25, 0.3) is 5.91 Å².